The van der Waals surface area contributed by atoms with Crippen molar-refractivity contribution in [3.05, 3.63) is 36.5 Å². The highest BCUT2D eigenvalue weighted by molar-refractivity contribution is 7.99. The molecule has 0 radical (unpaired) electrons. The topological polar surface area (TPSA) is 113 Å². The largest absolute Gasteiger partial charge is 0.358 e. The molecule has 1 amide bonds. The molecular weight excluding hydrogens is 384 g/mol. The zero-order valence-corrected chi connectivity index (χ0v) is 16.2. The summed E-state index contributed by atoms with van der Waals surface area (Å²) in [4.78, 5) is 20.8. The van der Waals surface area contributed by atoms with Gasteiger partial charge in [0.1, 0.15) is 10.0 Å². The number of hydrogen-bond donors (Lipinski definition) is 3. The van der Waals surface area contributed by atoms with Crippen LogP contribution in [0.25, 0.3) is 16.9 Å². The van der Waals surface area contributed by atoms with E-state index in [1.807, 2.05) is 23.6 Å². The smallest absolute Gasteiger partial charge is 0.230 e. The second kappa shape index (κ2) is 7.37. The number of thioether (sulfide) groups is 1. The minimum Gasteiger partial charge on any atom is -0.358 e. The van der Waals surface area contributed by atoms with Crippen LogP contribution >= 0.6 is 23.3 Å². The number of carbonyl (C=O) groups excluding carboxylic acids is 1. The van der Waals surface area contributed by atoms with Crippen LogP contribution in [0.2, 0.25) is 0 Å². The van der Waals surface area contributed by atoms with Gasteiger partial charge in [0.05, 0.1) is 29.5 Å². The molecule has 0 aliphatic carbocycles. The van der Waals surface area contributed by atoms with E-state index < -0.39 is 0 Å². The Morgan fingerprint density at radius 2 is 2.30 bits per heavy atom. The number of aryl methyl sites for hydroxylation is 1. The monoisotopic (exact) mass is 400 g/mol. The Balaban J connectivity index is 1.78. The number of aromatic nitrogens is 6. The molecule has 0 aromatic carbocycles. The van der Waals surface area contributed by atoms with Gasteiger partial charge >= 0.3 is 0 Å². The van der Waals surface area contributed by atoms with Crippen molar-refractivity contribution in [3.63, 3.8) is 0 Å². The zero-order chi connectivity index (χ0) is 18.8. The molecular formula is C16H16N8OS2. The maximum atomic E-state index is 11.6. The van der Waals surface area contributed by atoms with Gasteiger partial charge in [0.2, 0.25) is 5.91 Å². The lowest BCUT2D eigenvalue weighted by Crippen LogP contribution is -2.19. The number of carbonyl (C=O) groups is 1. The van der Waals surface area contributed by atoms with Crippen molar-refractivity contribution in [3.8, 4) is 11.3 Å². The molecule has 0 unspecified atom stereocenters. The molecule has 27 heavy (non-hydrogen) atoms. The first-order valence-electron chi connectivity index (χ1n) is 8.05. The van der Waals surface area contributed by atoms with Gasteiger partial charge in [-0.1, -0.05) is 11.8 Å². The number of aromatic amines is 1. The number of anilines is 2. The van der Waals surface area contributed by atoms with Gasteiger partial charge < -0.3 is 10.6 Å². The summed E-state index contributed by atoms with van der Waals surface area (Å²) < 4.78 is 6.23. The molecule has 0 fully saturated rings. The van der Waals surface area contributed by atoms with E-state index in [9.17, 15) is 4.79 Å². The van der Waals surface area contributed by atoms with Crippen molar-refractivity contribution in [2.45, 2.75) is 11.9 Å². The van der Waals surface area contributed by atoms with E-state index in [0.717, 1.165) is 22.0 Å². The van der Waals surface area contributed by atoms with E-state index in [-0.39, 0.29) is 11.7 Å². The summed E-state index contributed by atoms with van der Waals surface area (Å²) in [5.41, 5.74) is 3.41. The minimum atomic E-state index is -0.0600. The maximum absolute atomic E-state index is 11.6. The Hall–Kier alpha value is -2.92. The van der Waals surface area contributed by atoms with E-state index in [1.165, 1.54) is 23.3 Å². The number of rotatable bonds is 6. The third kappa shape index (κ3) is 3.64. The van der Waals surface area contributed by atoms with Crippen molar-refractivity contribution in [1.29, 1.82) is 0 Å². The lowest BCUT2D eigenvalue weighted by atomic mass is 10.3. The van der Waals surface area contributed by atoms with Crippen LogP contribution in [-0.2, 0) is 4.79 Å². The van der Waals surface area contributed by atoms with E-state index >= 15 is 0 Å². The quantitative estimate of drug-likeness (QED) is 0.426. The fourth-order valence-electron chi connectivity index (χ4n) is 2.48. The molecule has 0 spiro atoms. The number of fused-ring (bicyclic) bond motifs is 1. The lowest BCUT2D eigenvalue weighted by Gasteiger charge is -2.09. The summed E-state index contributed by atoms with van der Waals surface area (Å²) >= 11 is 2.72. The molecule has 3 N–H and O–H groups in total. The first-order chi connectivity index (χ1) is 13.1. The SMILES string of the molecule is CNC(=O)CSc1cn2c(-c3cn[nH]c3)cnc2c(Nc2cc(C)ns2)n1. The van der Waals surface area contributed by atoms with Crippen molar-refractivity contribution in [2.24, 2.45) is 0 Å². The fourth-order valence-corrected chi connectivity index (χ4v) is 3.89. The van der Waals surface area contributed by atoms with E-state index in [4.69, 9.17) is 0 Å². The Labute approximate surface area is 162 Å². The molecule has 4 heterocycles. The fraction of sp³-hybridized carbons (Fsp3) is 0.188. The van der Waals surface area contributed by atoms with Crippen molar-refractivity contribution in [1.82, 2.24) is 34.3 Å². The van der Waals surface area contributed by atoms with Crippen molar-refractivity contribution in [2.75, 3.05) is 18.1 Å². The highest BCUT2D eigenvalue weighted by Gasteiger charge is 2.15. The Bertz CT molecular complexity index is 1090. The summed E-state index contributed by atoms with van der Waals surface area (Å²) in [5, 5.41) is 14.3. The van der Waals surface area contributed by atoms with Crippen molar-refractivity contribution < 1.29 is 4.79 Å². The van der Waals surface area contributed by atoms with Gasteiger partial charge in [0.15, 0.2) is 11.5 Å². The standard InChI is InChI=1S/C16H16N8OS2/c1-9-3-13(27-23-9)21-15-16-18-6-11(10-4-19-20-5-10)24(16)7-14(22-15)26-8-12(25)17-2/h3-7H,8H2,1-2H3,(H,17,25)(H,19,20)(H,21,22). The molecule has 0 atom stereocenters. The van der Waals surface area contributed by atoms with Gasteiger partial charge in [-0.25, -0.2) is 9.97 Å². The summed E-state index contributed by atoms with van der Waals surface area (Å²) in [6, 6.07) is 1.95. The second-order valence-corrected chi connectivity index (χ2v) is 7.47. The number of imidazole rings is 1. The molecule has 4 aromatic rings. The van der Waals surface area contributed by atoms with E-state index in [2.05, 4.69) is 35.2 Å². The number of hydrogen-bond acceptors (Lipinski definition) is 8. The van der Waals surface area contributed by atoms with Crippen LogP contribution in [0.15, 0.2) is 35.9 Å². The number of amides is 1. The second-order valence-electron chi connectivity index (χ2n) is 5.67. The molecule has 138 valence electrons. The molecule has 0 bridgehead atoms. The number of nitrogens with one attached hydrogen (secondary N) is 3. The van der Waals surface area contributed by atoms with E-state index in [1.54, 1.807) is 25.6 Å². The summed E-state index contributed by atoms with van der Waals surface area (Å²) in [6.07, 6.45) is 7.20. The molecule has 11 heteroatoms. The predicted molar refractivity (Wildman–Crippen MR) is 105 cm³/mol. The molecule has 0 saturated carbocycles. The van der Waals surface area contributed by atoms with Crippen LogP contribution < -0.4 is 10.6 Å². The van der Waals surface area contributed by atoms with Crippen LogP contribution in [0, 0.1) is 6.92 Å². The molecule has 0 saturated heterocycles. The average molecular weight is 400 g/mol. The Kier molecular flexibility index (Phi) is 4.77. The highest BCUT2D eigenvalue weighted by Crippen LogP contribution is 2.29. The molecule has 4 aromatic heterocycles. The Morgan fingerprint density at radius 1 is 1.41 bits per heavy atom. The molecule has 4 rings (SSSR count). The van der Waals surface area contributed by atoms with Crippen LogP contribution in [0.4, 0.5) is 10.8 Å². The minimum absolute atomic E-state index is 0.0600. The first-order valence-corrected chi connectivity index (χ1v) is 9.81. The van der Waals surface area contributed by atoms with Crippen molar-refractivity contribution >= 4 is 45.7 Å². The van der Waals surface area contributed by atoms with Crippen LogP contribution in [0.5, 0.6) is 0 Å². The third-order valence-electron chi connectivity index (χ3n) is 3.76. The third-order valence-corrected chi connectivity index (χ3v) is 5.46. The highest BCUT2D eigenvalue weighted by atomic mass is 32.2. The molecule has 9 nitrogen and oxygen atoms in total. The van der Waals surface area contributed by atoms with Crippen LogP contribution in [-0.4, -0.2) is 47.6 Å². The summed E-state index contributed by atoms with van der Waals surface area (Å²) in [5.74, 6) is 0.828. The maximum Gasteiger partial charge on any atom is 0.230 e. The van der Waals surface area contributed by atoms with Crippen LogP contribution in [0.3, 0.4) is 0 Å². The zero-order valence-electron chi connectivity index (χ0n) is 14.6. The molecule has 0 aliphatic rings. The van der Waals surface area contributed by atoms with Gasteiger partial charge in [0.25, 0.3) is 0 Å². The number of H-pyrrole nitrogens is 1. The Morgan fingerprint density at radius 3 is 3.00 bits per heavy atom. The summed E-state index contributed by atoms with van der Waals surface area (Å²) in [7, 11) is 1.62. The molecule has 0 aliphatic heterocycles. The average Bonchev–Trinajstić information content (AvgIpc) is 3.40. The summed E-state index contributed by atoms with van der Waals surface area (Å²) in [6.45, 7) is 1.94. The van der Waals surface area contributed by atoms with Gasteiger partial charge in [-0.05, 0) is 24.5 Å². The van der Waals surface area contributed by atoms with Gasteiger partial charge in [-0.15, -0.1) is 0 Å². The van der Waals surface area contributed by atoms with Gasteiger partial charge in [-0.2, -0.15) is 9.47 Å². The van der Waals surface area contributed by atoms with Gasteiger partial charge in [-0.3, -0.25) is 14.3 Å². The lowest BCUT2D eigenvalue weighted by molar-refractivity contribution is -0.118. The van der Waals surface area contributed by atoms with Gasteiger partial charge in [0, 0.05) is 25.0 Å². The van der Waals surface area contributed by atoms with E-state index in [0.29, 0.717) is 16.5 Å². The number of nitrogens with zero attached hydrogens (tertiary/aromatic N) is 5. The van der Waals surface area contributed by atoms with Crippen LogP contribution in [0.1, 0.15) is 5.69 Å². The predicted octanol–water partition coefficient (Wildman–Crippen LogP) is 2.47. The normalized spacial score (nSPS) is 11.0. The first kappa shape index (κ1) is 17.5.